The van der Waals surface area contributed by atoms with Crippen molar-refractivity contribution >= 4 is 43.4 Å². The summed E-state index contributed by atoms with van der Waals surface area (Å²) in [6.07, 6.45) is 3.46. The van der Waals surface area contributed by atoms with E-state index in [-0.39, 0.29) is 47.2 Å². The van der Waals surface area contributed by atoms with Gasteiger partial charge in [0.15, 0.2) is 9.84 Å². The van der Waals surface area contributed by atoms with Crippen LogP contribution in [0.5, 0.6) is 0 Å². The van der Waals surface area contributed by atoms with Crippen LogP contribution in [0.15, 0.2) is 29.2 Å². The zero-order valence-corrected chi connectivity index (χ0v) is 22.0. The monoisotopic (exact) mass is 531 g/mol. The van der Waals surface area contributed by atoms with Crippen LogP contribution in [-0.4, -0.2) is 81.6 Å². The maximum atomic E-state index is 12.9. The number of amides is 2. The van der Waals surface area contributed by atoms with Crippen molar-refractivity contribution in [3.05, 3.63) is 29.8 Å². The number of nitrogens with zero attached hydrogens (tertiary/aromatic N) is 1. The smallest absolute Gasteiger partial charge is 0.243 e. The molecule has 2 aliphatic rings. The minimum atomic E-state index is -3.61. The second kappa shape index (κ2) is 11.4. The minimum Gasteiger partial charge on any atom is -0.351 e. The van der Waals surface area contributed by atoms with Crippen molar-refractivity contribution in [1.82, 2.24) is 14.9 Å². The van der Waals surface area contributed by atoms with Crippen LogP contribution >= 0.6 is 11.8 Å². The fourth-order valence-electron chi connectivity index (χ4n) is 4.22. The number of sulfonamides is 1. The predicted molar refractivity (Wildman–Crippen MR) is 133 cm³/mol. The topological polar surface area (TPSA) is 130 Å². The van der Waals surface area contributed by atoms with Crippen molar-refractivity contribution < 1.29 is 26.4 Å². The fraction of sp³-hybridized carbons (Fsp3) is 0.636. The highest BCUT2D eigenvalue weighted by molar-refractivity contribution is 7.98. The van der Waals surface area contributed by atoms with E-state index in [0.29, 0.717) is 31.4 Å². The lowest BCUT2D eigenvalue weighted by molar-refractivity contribution is -0.132. The molecule has 0 radical (unpaired) electrons. The van der Waals surface area contributed by atoms with Crippen molar-refractivity contribution in [3.8, 4) is 0 Å². The van der Waals surface area contributed by atoms with Crippen molar-refractivity contribution in [2.75, 3.05) is 36.6 Å². The number of piperidine rings is 1. The van der Waals surface area contributed by atoms with Gasteiger partial charge in [0.25, 0.3) is 0 Å². The molecule has 12 heteroatoms. The zero-order valence-electron chi connectivity index (χ0n) is 19.5. The second-order valence-corrected chi connectivity index (χ2v) is 14.1. The number of hydrogen-bond donors (Lipinski definition) is 2. The summed E-state index contributed by atoms with van der Waals surface area (Å²) in [5.74, 6) is -0.383. The predicted octanol–water partition coefficient (Wildman–Crippen LogP) is 0.937. The molecule has 0 aromatic heterocycles. The molecule has 9 nitrogen and oxygen atoms in total. The first-order valence-electron chi connectivity index (χ1n) is 11.4. The minimum absolute atomic E-state index is 0.0594. The van der Waals surface area contributed by atoms with Gasteiger partial charge in [0.1, 0.15) is 6.04 Å². The number of carbonyl (C=O) groups excluding carboxylic acids is 2. The van der Waals surface area contributed by atoms with Crippen LogP contribution in [0.25, 0.3) is 0 Å². The van der Waals surface area contributed by atoms with Crippen LogP contribution in [0, 0.1) is 12.8 Å². The highest BCUT2D eigenvalue weighted by atomic mass is 32.2. The van der Waals surface area contributed by atoms with Gasteiger partial charge in [-0.05, 0) is 56.7 Å². The number of benzene rings is 1. The molecule has 0 spiro atoms. The first kappa shape index (κ1) is 27.0. The van der Waals surface area contributed by atoms with Crippen LogP contribution < -0.4 is 10.6 Å². The normalized spacial score (nSPS) is 22.2. The number of aryl methyl sites for hydroxylation is 1. The van der Waals surface area contributed by atoms with Gasteiger partial charge in [0, 0.05) is 25.0 Å². The standard InChI is InChI=1S/C22H33N3O6S3/c1-16-3-5-19(6-4-16)34(30,31)25-11-7-17(8-12-25)21(26)24-20(9-13-32-2)22(27)23-18-10-14-33(28,29)15-18/h3-6,17-18,20H,7-15H2,1-2H3,(H,23,27)(H,24,26)/t18-,20-/m0/s1. The van der Waals surface area contributed by atoms with Crippen LogP contribution in [0.4, 0.5) is 0 Å². The molecule has 2 heterocycles. The molecule has 2 aliphatic heterocycles. The molecule has 2 fully saturated rings. The Morgan fingerprint density at radius 3 is 2.35 bits per heavy atom. The Balaban J connectivity index is 1.56. The van der Waals surface area contributed by atoms with E-state index in [0.717, 1.165) is 5.56 Å². The molecule has 2 atom stereocenters. The Bertz CT molecular complexity index is 1080. The Labute approximate surface area is 206 Å². The molecule has 0 unspecified atom stereocenters. The lowest BCUT2D eigenvalue weighted by Crippen LogP contribution is -2.52. The molecule has 1 aromatic carbocycles. The summed E-state index contributed by atoms with van der Waals surface area (Å²) >= 11 is 1.55. The first-order chi connectivity index (χ1) is 16.0. The molecule has 0 saturated carbocycles. The molecule has 2 amide bonds. The Hall–Kier alpha value is -1.63. The Morgan fingerprint density at radius 2 is 1.79 bits per heavy atom. The maximum absolute atomic E-state index is 12.9. The van der Waals surface area contributed by atoms with Gasteiger partial charge in [-0.25, -0.2) is 16.8 Å². The number of nitrogens with one attached hydrogen (secondary N) is 2. The number of sulfone groups is 1. The third-order valence-electron chi connectivity index (χ3n) is 6.31. The maximum Gasteiger partial charge on any atom is 0.243 e. The lowest BCUT2D eigenvalue weighted by atomic mass is 9.96. The molecule has 34 heavy (non-hydrogen) atoms. The third-order valence-corrected chi connectivity index (χ3v) is 10.6. The largest absolute Gasteiger partial charge is 0.351 e. The molecule has 0 bridgehead atoms. The number of rotatable bonds is 9. The van der Waals surface area contributed by atoms with E-state index in [1.54, 1.807) is 36.0 Å². The van der Waals surface area contributed by atoms with Gasteiger partial charge >= 0.3 is 0 Å². The summed E-state index contributed by atoms with van der Waals surface area (Å²) in [6.45, 7) is 2.36. The molecule has 2 saturated heterocycles. The number of hydrogen-bond acceptors (Lipinski definition) is 7. The van der Waals surface area contributed by atoms with Gasteiger partial charge in [-0.1, -0.05) is 17.7 Å². The van der Waals surface area contributed by atoms with Gasteiger partial charge in [0.05, 0.1) is 16.4 Å². The van der Waals surface area contributed by atoms with E-state index >= 15 is 0 Å². The van der Waals surface area contributed by atoms with Crippen molar-refractivity contribution in [2.45, 2.75) is 49.6 Å². The quantitative estimate of drug-likeness (QED) is 0.485. The van der Waals surface area contributed by atoms with Crippen molar-refractivity contribution in [3.63, 3.8) is 0 Å². The first-order valence-corrected chi connectivity index (χ1v) is 16.0. The van der Waals surface area contributed by atoms with Gasteiger partial charge in [-0.3, -0.25) is 9.59 Å². The molecule has 0 aliphatic carbocycles. The highest BCUT2D eigenvalue weighted by Crippen LogP contribution is 2.24. The summed E-state index contributed by atoms with van der Waals surface area (Å²) in [6, 6.07) is 5.52. The SMILES string of the molecule is CSCC[C@H](NC(=O)C1CCN(S(=O)(=O)c2ccc(C)cc2)CC1)C(=O)N[C@H]1CCS(=O)(=O)C1. The summed E-state index contributed by atoms with van der Waals surface area (Å²) in [5, 5.41) is 5.60. The number of carbonyl (C=O) groups is 2. The van der Waals surface area contributed by atoms with Crippen molar-refractivity contribution in [1.29, 1.82) is 0 Å². The van der Waals surface area contributed by atoms with Crippen LogP contribution in [0.1, 0.15) is 31.2 Å². The fourth-order valence-corrected chi connectivity index (χ4v) is 7.84. The highest BCUT2D eigenvalue weighted by Gasteiger charge is 2.35. The summed E-state index contributed by atoms with van der Waals surface area (Å²) < 4.78 is 50.6. The van der Waals surface area contributed by atoms with Crippen molar-refractivity contribution in [2.24, 2.45) is 5.92 Å². The van der Waals surface area contributed by atoms with E-state index in [4.69, 9.17) is 0 Å². The molecular formula is C22H33N3O6S3. The van der Waals surface area contributed by atoms with Crippen LogP contribution in [-0.2, 0) is 29.4 Å². The van der Waals surface area contributed by atoms with E-state index < -0.39 is 31.9 Å². The Kier molecular flexibility index (Phi) is 9.04. The van der Waals surface area contributed by atoms with E-state index in [9.17, 15) is 26.4 Å². The number of thioether (sulfide) groups is 1. The van der Waals surface area contributed by atoms with Crippen LogP contribution in [0.2, 0.25) is 0 Å². The van der Waals surface area contributed by atoms with E-state index in [2.05, 4.69) is 10.6 Å². The molecule has 3 rings (SSSR count). The summed E-state index contributed by atoms with van der Waals surface area (Å²) in [5.41, 5.74) is 0.976. The molecule has 190 valence electrons. The van der Waals surface area contributed by atoms with Gasteiger partial charge < -0.3 is 10.6 Å². The zero-order chi connectivity index (χ0) is 24.9. The summed E-state index contributed by atoms with van der Waals surface area (Å²) in [7, 11) is -6.74. The average molecular weight is 532 g/mol. The molecular weight excluding hydrogens is 498 g/mol. The summed E-state index contributed by atoms with van der Waals surface area (Å²) in [4.78, 5) is 25.9. The Morgan fingerprint density at radius 1 is 1.15 bits per heavy atom. The third kappa shape index (κ3) is 6.96. The van der Waals surface area contributed by atoms with Gasteiger partial charge in [-0.15, -0.1) is 0 Å². The molecule has 1 aromatic rings. The van der Waals surface area contributed by atoms with Crippen LogP contribution in [0.3, 0.4) is 0 Å². The van der Waals surface area contributed by atoms with Gasteiger partial charge in [0.2, 0.25) is 21.8 Å². The van der Waals surface area contributed by atoms with E-state index in [1.807, 2.05) is 13.2 Å². The van der Waals surface area contributed by atoms with E-state index in [1.165, 1.54) is 4.31 Å². The second-order valence-electron chi connectivity index (χ2n) is 8.94. The molecule has 2 N–H and O–H groups in total. The van der Waals surface area contributed by atoms with Gasteiger partial charge in [-0.2, -0.15) is 16.1 Å². The average Bonchev–Trinajstić information content (AvgIpc) is 3.14. The lowest BCUT2D eigenvalue weighted by Gasteiger charge is -2.31.